The lowest BCUT2D eigenvalue weighted by atomic mass is 10.2. The highest BCUT2D eigenvalue weighted by atomic mass is 16.1. The van der Waals surface area contributed by atoms with Crippen molar-refractivity contribution in [2.24, 2.45) is 0 Å². The van der Waals surface area contributed by atoms with E-state index in [4.69, 9.17) is 0 Å². The van der Waals surface area contributed by atoms with Gasteiger partial charge >= 0.3 is 0 Å². The van der Waals surface area contributed by atoms with Crippen LogP contribution in [0.15, 0.2) is 24.3 Å². The molecule has 0 saturated carbocycles. The first-order valence-corrected chi connectivity index (χ1v) is 7.90. The van der Waals surface area contributed by atoms with Crippen LogP contribution in [0.2, 0.25) is 0 Å². The Morgan fingerprint density at radius 3 is 2.29 bits per heavy atom. The molecular formula is C17H29N3O. The molecule has 2 N–H and O–H groups in total. The van der Waals surface area contributed by atoms with E-state index in [1.165, 1.54) is 11.3 Å². The van der Waals surface area contributed by atoms with Gasteiger partial charge in [0.25, 0.3) is 0 Å². The second-order valence-corrected chi connectivity index (χ2v) is 5.49. The van der Waals surface area contributed by atoms with E-state index in [0.717, 1.165) is 19.6 Å². The van der Waals surface area contributed by atoms with Crippen molar-refractivity contribution in [1.29, 1.82) is 0 Å². The maximum Gasteiger partial charge on any atom is 0.221 e. The van der Waals surface area contributed by atoms with E-state index < -0.39 is 0 Å². The van der Waals surface area contributed by atoms with Crippen LogP contribution < -0.4 is 15.5 Å². The van der Waals surface area contributed by atoms with Gasteiger partial charge in [-0.1, -0.05) is 12.1 Å². The third-order valence-electron chi connectivity index (χ3n) is 3.37. The van der Waals surface area contributed by atoms with Gasteiger partial charge in [-0.05, 0) is 45.4 Å². The fourth-order valence-electron chi connectivity index (χ4n) is 2.24. The number of hydrogen-bond donors (Lipinski definition) is 2. The van der Waals surface area contributed by atoms with Crippen LogP contribution in [0.25, 0.3) is 0 Å². The lowest BCUT2D eigenvalue weighted by Crippen LogP contribution is -2.32. The Hall–Kier alpha value is -1.55. The first-order valence-electron chi connectivity index (χ1n) is 7.90. The minimum absolute atomic E-state index is 0.106. The number of amides is 1. The zero-order valence-electron chi connectivity index (χ0n) is 13.8. The van der Waals surface area contributed by atoms with E-state index in [2.05, 4.69) is 53.6 Å². The summed E-state index contributed by atoms with van der Waals surface area (Å²) in [6.45, 7) is 11.8. The first-order chi connectivity index (χ1) is 10.1. The van der Waals surface area contributed by atoms with Gasteiger partial charge < -0.3 is 15.5 Å². The predicted molar refractivity (Wildman–Crippen MR) is 89.6 cm³/mol. The highest BCUT2D eigenvalue weighted by molar-refractivity contribution is 5.76. The van der Waals surface area contributed by atoms with E-state index in [9.17, 15) is 4.79 Å². The van der Waals surface area contributed by atoms with Crippen molar-refractivity contribution in [2.45, 2.75) is 46.7 Å². The van der Waals surface area contributed by atoms with Crippen LogP contribution in [0.5, 0.6) is 0 Å². The van der Waals surface area contributed by atoms with Crippen LogP contribution in [-0.2, 0) is 11.3 Å². The molecule has 0 bridgehead atoms. The van der Waals surface area contributed by atoms with Gasteiger partial charge in [0, 0.05) is 44.3 Å². The number of anilines is 1. The number of nitrogens with zero attached hydrogens (tertiary/aromatic N) is 1. The molecule has 1 amide bonds. The molecule has 4 heteroatoms. The summed E-state index contributed by atoms with van der Waals surface area (Å²) in [5, 5.41) is 6.20. The number of carbonyl (C=O) groups is 1. The highest BCUT2D eigenvalue weighted by Gasteiger charge is 2.03. The van der Waals surface area contributed by atoms with Gasteiger partial charge in [-0.3, -0.25) is 4.79 Å². The van der Waals surface area contributed by atoms with Crippen LogP contribution in [0, 0.1) is 0 Å². The largest absolute Gasteiger partial charge is 0.372 e. The van der Waals surface area contributed by atoms with Gasteiger partial charge in [0.05, 0.1) is 0 Å². The third kappa shape index (κ3) is 6.63. The molecule has 1 aromatic rings. The molecule has 4 nitrogen and oxygen atoms in total. The SMILES string of the molecule is CCN(CC)c1ccc(CNCCC(=O)NC(C)C)cc1. The maximum absolute atomic E-state index is 11.5. The van der Waals surface area contributed by atoms with Crippen LogP contribution in [-0.4, -0.2) is 31.6 Å². The molecule has 0 radical (unpaired) electrons. The Morgan fingerprint density at radius 1 is 1.14 bits per heavy atom. The van der Waals surface area contributed by atoms with Crippen LogP contribution >= 0.6 is 0 Å². The number of benzene rings is 1. The van der Waals surface area contributed by atoms with E-state index in [-0.39, 0.29) is 11.9 Å². The van der Waals surface area contributed by atoms with Gasteiger partial charge in [0.1, 0.15) is 0 Å². The number of carbonyl (C=O) groups excluding carboxylic acids is 1. The zero-order valence-corrected chi connectivity index (χ0v) is 13.8. The van der Waals surface area contributed by atoms with Crippen molar-refractivity contribution in [3.8, 4) is 0 Å². The molecule has 0 aliphatic rings. The molecule has 21 heavy (non-hydrogen) atoms. The summed E-state index contributed by atoms with van der Waals surface area (Å²) in [5.41, 5.74) is 2.51. The fourth-order valence-corrected chi connectivity index (χ4v) is 2.24. The number of hydrogen-bond acceptors (Lipinski definition) is 3. The molecule has 0 saturated heterocycles. The molecule has 1 rings (SSSR count). The topological polar surface area (TPSA) is 44.4 Å². The van der Waals surface area contributed by atoms with Crippen LogP contribution in [0.4, 0.5) is 5.69 Å². The summed E-state index contributed by atoms with van der Waals surface area (Å²) < 4.78 is 0. The van der Waals surface area contributed by atoms with E-state index in [1.807, 2.05) is 13.8 Å². The molecule has 0 fully saturated rings. The lowest BCUT2D eigenvalue weighted by Gasteiger charge is -2.21. The zero-order chi connectivity index (χ0) is 15.7. The van der Waals surface area contributed by atoms with Crippen molar-refractivity contribution < 1.29 is 4.79 Å². The fraction of sp³-hybridized carbons (Fsp3) is 0.588. The average molecular weight is 291 g/mol. The van der Waals surface area contributed by atoms with Gasteiger partial charge in [-0.25, -0.2) is 0 Å². The second kappa shape index (κ2) is 9.40. The van der Waals surface area contributed by atoms with Gasteiger partial charge in [0.15, 0.2) is 0 Å². The van der Waals surface area contributed by atoms with E-state index in [1.54, 1.807) is 0 Å². The van der Waals surface area contributed by atoms with Gasteiger partial charge in [0.2, 0.25) is 5.91 Å². The quantitative estimate of drug-likeness (QED) is 0.687. The molecule has 0 unspecified atom stereocenters. The Bertz CT molecular complexity index is 411. The van der Waals surface area contributed by atoms with Crippen molar-refractivity contribution in [3.05, 3.63) is 29.8 Å². The molecule has 0 atom stereocenters. The molecule has 0 heterocycles. The summed E-state index contributed by atoms with van der Waals surface area (Å²) in [4.78, 5) is 13.8. The molecular weight excluding hydrogens is 262 g/mol. The molecule has 1 aromatic carbocycles. The smallest absolute Gasteiger partial charge is 0.221 e. The molecule has 0 aromatic heterocycles. The molecule has 0 aliphatic heterocycles. The standard InChI is InChI=1S/C17H29N3O/c1-5-20(6-2)16-9-7-15(8-10-16)13-18-12-11-17(21)19-14(3)4/h7-10,14,18H,5-6,11-13H2,1-4H3,(H,19,21). The normalized spacial score (nSPS) is 10.7. The summed E-state index contributed by atoms with van der Waals surface area (Å²) in [6, 6.07) is 8.83. The Balaban J connectivity index is 2.31. The number of rotatable bonds is 9. The summed E-state index contributed by atoms with van der Waals surface area (Å²) in [6.07, 6.45) is 0.524. The highest BCUT2D eigenvalue weighted by Crippen LogP contribution is 2.14. The van der Waals surface area contributed by atoms with Crippen LogP contribution in [0.3, 0.4) is 0 Å². The second-order valence-electron chi connectivity index (χ2n) is 5.49. The number of nitrogens with one attached hydrogen (secondary N) is 2. The van der Waals surface area contributed by atoms with E-state index in [0.29, 0.717) is 13.0 Å². The van der Waals surface area contributed by atoms with Gasteiger partial charge in [-0.15, -0.1) is 0 Å². The first kappa shape index (κ1) is 17.5. The Morgan fingerprint density at radius 2 is 1.76 bits per heavy atom. The van der Waals surface area contributed by atoms with Crippen LogP contribution in [0.1, 0.15) is 39.7 Å². The molecule has 0 spiro atoms. The average Bonchev–Trinajstić information content (AvgIpc) is 2.45. The van der Waals surface area contributed by atoms with Crippen molar-refractivity contribution >= 4 is 11.6 Å². The summed E-state index contributed by atoms with van der Waals surface area (Å²) in [5.74, 6) is 0.106. The minimum Gasteiger partial charge on any atom is -0.372 e. The monoisotopic (exact) mass is 291 g/mol. The Kier molecular flexibility index (Phi) is 7.83. The third-order valence-corrected chi connectivity index (χ3v) is 3.37. The molecule has 0 aliphatic carbocycles. The van der Waals surface area contributed by atoms with Crippen molar-refractivity contribution in [2.75, 3.05) is 24.5 Å². The van der Waals surface area contributed by atoms with Gasteiger partial charge in [-0.2, -0.15) is 0 Å². The minimum atomic E-state index is 0.106. The lowest BCUT2D eigenvalue weighted by molar-refractivity contribution is -0.121. The molecule has 118 valence electrons. The summed E-state index contributed by atoms with van der Waals surface area (Å²) in [7, 11) is 0. The maximum atomic E-state index is 11.5. The van der Waals surface area contributed by atoms with Crippen molar-refractivity contribution in [1.82, 2.24) is 10.6 Å². The van der Waals surface area contributed by atoms with E-state index >= 15 is 0 Å². The Labute approximate surface area is 128 Å². The predicted octanol–water partition coefficient (Wildman–Crippen LogP) is 2.54. The summed E-state index contributed by atoms with van der Waals surface area (Å²) >= 11 is 0. The van der Waals surface area contributed by atoms with Crippen molar-refractivity contribution in [3.63, 3.8) is 0 Å².